The van der Waals surface area contributed by atoms with Crippen molar-refractivity contribution in [1.82, 2.24) is 0 Å². The van der Waals surface area contributed by atoms with Gasteiger partial charge in [-0.15, -0.1) is 0 Å². The highest BCUT2D eigenvalue weighted by atomic mass is 17.2. The van der Waals surface area contributed by atoms with E-state index >= 15 is 0 Å². The maximum absolute atomic E-state index is 5.18. The highest BCUT2D eigenvalue weighted by molar-refractivity contribution is 4.95. The molecule has 1 heterocycles. The van der Waals surface area contributed by atoms with E-state index in [1.54, 1.807) is 0 Å². The molecule has 0 unspecified atom stereocenters. The van der Waals surface area contributed by atoms with E-state index in [0.29, 0.717) is 12.5 Å². The van der Waals surface area contributed by atoms with Crippen LogP contribution in [0.1, 0.15) is 25.7 Å². The highest BCUT2D eigenvalue weighted by Crippen LogP contribution is 2.30. The summed E-state index contributed by atoms with van der Waals surface area (Å²) in [5, 5.41) is 0. The average Bonchev–Trinajstić information content (AvgIpc) is 2.58. The zero-order chi connectivity index (χ0) is 7.52. The maximum Gasteiger partial charge on any atom is 0.114 e. The normalized spacial score (nSPS) is 32.9. The molecule has 2 heteroatoms. The first-order chi connectivity index (χ1) is 5.47. The molecule has 0 aromatic rings. The monoisotopic (exact) mass is 154 g/mol. The van der Waals surface area contributed by atoms with Crippen LogP contribution in [-0.2, 0) is 9.78 Å². The summed E-state index contributed by atoms with van der Waals surface area (Å²) in [6.07, 6.45) is 9.76. The van der Waals surface area contributed by atoms with Gasteiger partial charge in [0.2, 0.25) is 0 Å². The van der Waals surface area contributed by atoms with Gasteiger partial charge in [0.25, 0.3) is 0 Å². The van der Waals surface area contributed by atoms with Gasteiger partial charge in [0.05, 0.1) is 0 Å². The van der Waals surface area contributed by atoms with Crippen LogP contribution in [0.15, 0.2) is 12.2 Å². The molecular formula is C9H14O2. The largest absolute Gasteiger partial charge is 0.232 e. The van der Waals surface area contributed by atoms with Crippen molar-refractivity contribution in [2.24, 2.45) is 5.92 Å². The van der Waals surface area contributed by atoms with Gasteiger partial charge in [-0.25, -0.2) is 9.78 Å². The summed E-state index contributed by atoms with van der Waals surface area (Å²) in [5.41, 5.74) is 0. The quantitative estimate of drug-likeness (QED) is 0.425. The maximum atomic E-state index is 5.18. The van der Waals surface area contributed by atoms with E-state index < -0.39 is 0 Å². The smallest absolute Gasteiger partial charge is 0.114 e. The van der Waals surface area contributed by atoms with Crippen LogP contribution in [0.5, 0.6) is 0 Å². The van der Waals surface area contributed by atoms with E-state index in [-0.39, 0.29) is 6.10 Å². The second kappa shape index (κ2) is 3.37. The highest BCUT2D eigenvalue weighted by Gasteiger charge is 2.25. The SMILES string of the molecule is C1=C[C@@H](C2CCCC2)OOC1. The van der Waals surface area contributed by atoms with Gasteiger partial charge in [0.1, 0.15) is 12.7 Å². The molecule has 0 aromatic carbocycles. The summed E-state index contributed by atoms with van der Waals surface area (Å²) in [7, 11) is 0. The summed E-state index contributed by atoms with van der Waals surface area (Å²) in [6.45, 7) is 0.614. The van der Waals surface area contributed by atoms with Crippen molar-refractivity contribution in [3.8, 4) is 0 Å². The Labute approximate surface area is 67.1 Å². The zero-order valence-electron chi connectivity index (χ0n) is 6.66. The molecule has 0 aromatic heterocycles. The van der Waals surface area contributed by atoms with Gasteiger partial charge in [-0.2, -0.15) is 0 Å². The van der Waals surface area contributed by atoms with E-state index in [4.69, 9.17) is 9.78 Å². The van der Waals surface area contributed by atoms with Gasteiger partial charge in [-0.1, -0.05) is 25.0 Å². The Balaban J connectivity index is 1.91. The Bertz CT molecular complexity index is 148. The fraction of sp³-hybridized carbons (Fsp3) is 0.778. The van der Waals surface area contributed by atoms with E-state index in [2.05, 4.69) is 6.08 Å². The lowest BCUT2D eigenvalue weighted by atomic mass is 10.0. The average molecular weight is 154 g/mol. The minimum atomic E-state index is 0.242. The first-order valence-corrected chi connectivity index (χ1v) is 4.42. The molecule has 1 atom stereocenters. The van der Waals surface area contributed by atoms with Crippen molar-refractivity contribution in [3.63, 3.8) is 0 Å². The predicted molar refractivity (Wildman–Crippen MR) is 41.9 cm³/mol. The van der Waals surface area contributed by atoms with Crippen LogP contribution in [0.3, 0.4) is 0 Å². The number of hydrogen-bond donors (Lipinski definition) is 0. The van der Waals surface area contributed by atoms with Crippen LogP contribution in [0.2, 0.25) is 0 Å². The van der Waals surface area contributed by atoms with E-state index in [9.17, 15) is 0 Å². The van der Waals surface area contributed by atoms with Crippen molar-refractivity contribution in [2.75, 3.05) is 6.61 Å². The van der Waals surface area contributed by atoms with Crippen molar-refractivity contribution in [1.29, 1.82) is 0 Å². The second-order valence-electron chi connectivity index (χ2n) is 3.32. The molecule has 1 aliphatic heterocycles. The van der Waals surface area contributed by atoms with Gasteiger partial charge in [-0.05, 0) is 18.8 Å². The standard InChI is InChI=1S/C9H14O2/c1-2-5-8(4-1)9-6-3-7-10-11-9/h3,6,8-9H,1-2,4-5,7H2/t9-/m0/s1. The predicted octanol–water partition coefficient (Wildman–Crippen LogP) is 2.06. The van der Waals surface area contributed by atoms with E-state index in [1.807, 2.05) is 6.08 Å². The lowest BCUT2D eigenvalue weighted by Crippen LogP contribution is -2.22. The Morgan fingerprint density at radius 1 is 1.18 bits per heavy atom. The van der Waals surface area contributed by atoms with E-state index in [0.717, 1.165) is 0 Å². The molecule has 11 heavy (non-hydrogen) atoms. The van der Waals surface area contributed by atoms with Crippen LogP contribution < -0.4 is 0 Å². The van der Waals surface area contributed by atoms with Crippen LogP contribution in [0.25, 0.3) is 0 Å². The molecule has 62 valence electrons. The van der Waals surface area contributed by atoms with Crippen molar-refractivity contribution < 1.29 is 9.78 Å². The zero-order valence-corrected chi connectivity index (χ0v) is 6.66. The molecule has 2 nitrogen and oxygen atoms in total. The molecule has 0 N–H and O–H groups in total. The molecule has 0 spiro atoms. The first kappa shape index (κ1) is 7.32. The van der Waals surface area contributed by atoms with Gasteiger partial charge in [0.15, 0.2) is 0 Å². The third kappa shape index (κ3) is 1.63. The van der Waals surface area contributed by atoms with Crippen LogP contribution >= 0.6 is 0 Å². The number of rotatable bonds is 1. The van der Waals surface area contributed by atoms with Crippen molar-refractivity contribution >= 4 is 0 Å². The molecular weight excluding hydrogens is 140 g/mol. The molecule has 2 aliphatic rings. The lowest BCUT2D eigenvalue weighted by molar-refractivity contribution is -0.321. The lowest BCUT2D eigenvalue weighted by Gasteiger charge is -2.21. The van der Waals surface area contributed by atoms with Crippen LogP contribution in [0, 0.1) is 5.92 Å². The Hall–Kier alpha value is -0.340. The first-order valence-electron chi connectivity index (χ1n) is 4.42. The molecule has 2 rings (SSSR count). The third-order valence-corrected chi connectivity index (χ3v) is 2.53. The van der Waals surface area contributed by atoms with E-state index in [1.165, 1.54) is 25.7 Å². The topological polar surface area (TPSA) is 18.5 Å². The van der Waals surface area contributed by atoms with Gasteiger partial charge >= 0.3 is 0 Å². The van der Waals surface area contributed by atoms with Crippen molar-refractivity contribution in [3.05, 3.63) is 12.2 Å². The summed E-state index contributed by atoms with van der Waals surface area (Å²) < 4.78 is 0. The summed E-state index contributed by atoms with van der Waals surface area (Å²) >= 11 is 0. The molecule has 1 aliphatic carbocycles. The molecule has 1 fully saturated rings. The Morgan fingerprint density at radius 2 is 2.00 bits per heavy atom. The molecule has 0 bridgehead atoms. The van der Waals surface area contributed by atoms with Gasteiger partial charge in [-0.3, -0.25) is 0 Å². The van der Waals surface area contributed by atoms with Crippen LogP contribution in [-0.4, -0.2) is 12.7 Å². The Kier molecular flexibility index (Phi) is 2.24. The van der Waals surface area contributed by atoms with Gasteiger partial charge < -0.3 is 0 Å². The number of hydrogen-bond acceptors (Lipinski definition) is 2. The van der Waals surface area contributed by atoms with Gasteiger partial charge in [0, 0.05) is 0 Å². The summed E-state index contributed by atoms with van der Waals surface area (Å²) in [5.74, 6) is 0.714. The molecule has 0 radical (unpaired) electrons. The summed E-state index contributed by atoms with van der Waals surface area (Å²) in [6, 6.07) is 0. The molecule has 0 amide bonds. The molecule has 1 saturated carbocycles. The third-order valence-electron chi connectivity index (χ3n) is 2.53. The van der Waals surface area contributed by atoms with Crippen LogP contribution in [0.4, 0.5) is 0 Å². The second-order valence-corrected chi connectivity index (χ2v) is 3.32. The summed E-state index contributed by atoms with van der Waals surface area (Å²) in [4.78, 5) is 10.1. The minimum absolute atomic E-state index is 0.242. The fourth-order valence-corrected chi connectivity index (χ4v) is 1.90. The Morgan fingerprint density at radius 3 is 2.64 bits per heavy atom. The minimum Gasteiger partial charge on any atom is -0.232 e. The fourth-order valence-electron chi connectivity index (χ4n) is 1.90. The molecule has 0 saturated heterocycles. The van der Waals surface area contributed by atoms with Crippen molar-refractivity contribution in [2.45, 2.75) is 31.8 Å².